The van der Waals surface area contributed by atoms with E-state index < -0.39 is 78.7 Å². The molecule has 252 valence electrons. The third-order valence-corrected chi connectivity index (χ3v) is 6.92. The lowest BCUT2D eigenvalue weighted by atomic mass is 10.0. The van der Waals surface area contributed by atoms with Gasteiger partial charge in [-0.25, -0.2) is 0 Å². The molecule has 1 aromatic rings. The van der Waals surface area contributed by atoms with Crippen LogP contribution in [0.1, 0.15) is 56.9 Å². The van der Waals surface area contributed by atoms with Crippen LogP contribution in [0.15, 0.2) is 30.3 Å². The Morgan fingerprint density at radius 1 is 0.667 bits per heavy atom. The van der Waals surface area contributed by atoms with Crippen molar-refractivity contribution in [3.63, 3.8) is 0 Å². The predicted octanol–water partition coefficient (Wildman–Crippen LogP) is -2.90. The van der Waals surface area contributed by atoms with Gasteiger partial charge in [-0.3, -0.25) is 28.8 Å². The van der Waals surface area contributed by atoms with Crippen LogP contribution >= 0.6 is 0 Å². The number of aliphatic hydroxyl groups excluding tert-OH is 1. The first-order chi connectivity index (χ1) is 21.4. The second-order valence-electron chi connectivity index (χ2n) is 10.6. The summed E-state index contributed by atoms with van der Waals surface area (Å²) in [5, 5.41) is 28.6. The van der Waals surface area contributed by atoms with E-state index in [1.54, 1.807) is 30.3 Å². The summed E-state index contributed by atoms with van der Waals surface area (Å²) >= 11 is 0. The molecule has 45 heavy (non-hydrogen) atoms. The molecule has 0 spiro atoms. The first kappa shape index (κ1) is 38.9. The number of unbranched alkanes of at least 4 members (excludes halogenated alkanes) is 2. The van der Waals surface area contributed by atoms with Crippen LogP contribution in [0.5, 0.6) is 0 Å². The topological polar surface area (TPSA) is 295 Å². The van der Waals surface area contributed by atoms with Gasteiger partial charge < -0.3 is 54.4 Å². The van der Waals surface area contributed by atoms with E-state index in [0.717, 1.165) is 0 Å². The normalized spacial score (nSPS) is 14.2. The quantitative estimate of drug-likeness (QED) is 0.0543. The Labute approximate surface area is 262 Å². The highest BCUT2D eigenvalue weighted by molar-refractivity contribution is 5.96. The molecule has 0 saturated heterocycles. The molecule has 0 fully saturated rings. The molecule has 0 aliphatic rings. The van der Waals surface area contributed by atoms with E-state index in [0.29, 0.717) is 44.3 Å². The Balaban J connectivity index is 3.21. The number of nitrogens with two attached hydrogens (primary N) is 4. The first-order valence-electron chi connectivity index (χ1n) is 15.0. The van der Waals surface area contributed by atoms with E-state index in [-0.39, 0.29) is 25.7 Å². The van der Waals surface area contributed by atoms with Gasteiger partial charge in [0.25, 0.3) is 0 Å². The number of amides is 5. The standard InChI is InChI=1S/C29H48N8O8/c30-14-6-4-10-20(25(33)41)34-28(44)22(12-13-24(39)40)36-27(43)21(11-5-7-15-31)35-29(45)23(37-26(42)19(32)17-38)16-18-8-2-1-3-9-18/h1-3,8-9,19-23,38H,4-7,10-17,30-32H2,(H2,33,41)(H,34,44)(H,35,45)(H,36,43)(H,37,42)(H,39,40)/t19-,20-,21-,22-,23-/m0/s1. The number of carboxylic acids is 1. The second-order valence-corrected chi connectivity index (χ2v) is 10.6. The Kier molecular flexibility index (Phi) is 18.6. The van der Waals surface area contributed by atoms with E-state index in [2.05, 4.69) is 21.3 Å². The summed E-state index contributed by atoms with van der Waals surface area (Å²) in [5.74, 6) is -5.14. The van der Waals surface area contributed by atoms with Crippen LogP contribution < -0.4 is 44.2 Å². The van der Waals surface area contributed by atoms with Crippen molar-refractivity contribution in [1.82, 2.24) is 21.3 Å². The minimum absolute atomic E-state index is 0.0377. The number of aliphatic hydroxyl groups is 1. The summed E-state index contributed by atoms with van der Waals surface area (Å²) in [5.41, 5.74) is 22.8. The molecule has 0 radical (unpaired) electrons. The Hall–Kier alpha value is -4.12. The summed E-state index contributed by atoms with van der Waals surface area (Å²) in [6, 6.07) is 2.64. The molecular weight excluding hydrogens is 588 g/mol. The molecule has 1 rings (SSSR count). The fourth-order valence-electron chi connectivity index (χ4n) is 4.31. The first-order valence-corrected chi connectivity index (χ1v) is 15.0. The third-order valence-electron chi connectivity index (χ3n) is 6.92. The number of nitrogens with one attached hydrogen (secondary N) is 4. The molecule has 0 aromatic heterocycles. The lowest BCUT2D eigenvalue weighted by Gasteiger charge is -2.26. The number of hydrogen-bond acceptors (Lipinski definition) is 10. The van der Waals surface area contributed by atoms with Crippen molar-refractivity contribution in [2.75, 3.05) is 19.7 Å². The van der Waals surface area contributed by atoms with Crippen molar-refractivity contribution in [2.45, 2.75) is 88.0 Å². The van der Waals surface area contributed by atoms with Gasteiger partial charge in [-0.2, -0.15) is 0 Å². The molecule has 16 heteroatoms. The monoisotopic (exact) mass is 636 g/mol. The molecule has 0 heterocycles. The Morgan fingerprint density at radius 3 is 1.62 bits per heavy atom. The number of hydrogen-bond donors (Lipinski definition) is 10. The fourth-order valence-corrected chi connectivity index (χ4v) is 4.31. The van der Waals surface area contributed by atoms with Crippen molar-refractivity contribution < 1.29 is 39.0 Å². The zero-order valence-corrected chi connectivity index (χ0v) is 25.4. The Bertz CT molecular complexity index is 1110. The summed E-state index contributed by atoms with van der Waals surface area (Å²) < 4.78 is 0. The number of rotatable bonds is 23. The second kappa shape index (κ2) is 21.6. The van der Waals surface area contributed by atoms with Crippen LogP contribution in [-0.2, 0) is 35.2 Å². The van der Waals surface area contributed by atoms with Crippen molar-refractivity contribution >= 4 is 35.5 Å². The van der Waals surface area contributed by atoms with Gasteiger partial charge in [0, 0.05) is 12.8 Å². The SMILES string of the molecule is NCCCC[C@H](NC(=O)[C@H](CCC(=O)O)NC(=O)[C@H](CCCCN)NC(=O)[C@H](Cc1ccccc1)NC(=O)[C@@H](N)CO)C(N)=O. The summed E-state index contributed by atoms with van der Waals surface area (Å²) in [6.45, 7) is 0.0352. The van der Waals surface area contributed by atoms with Crippen LogP contribution in [0.2, 0.25) is 0 Å². The minimum atomic E-state index is -1.37. The number of carbonyl (C=O) groups is 6. The van der Waals surface area contributed by atoms with Crippen LogP contribution in [-0.4, -0.2) is 95.6 Å². The van der Waals surface area contributed by atoms with Gasteiger partial charge in [0.05, 0.1) is 6.61 Å². The molecule has 14 N–H and O–H groups in total. The lowest BCUT2D eigenvalue weighted by Crippen LogP contribution is -2.59. The molecule has 0 aliphatic heterocycles. The summed E-state index contributed by atoms with van der Waals surface area (Å²) in [7, 11) is 0. The van der Waals surface area contributed by atoms with E-state index in [4.69, 9.17) is 22.9 Å². The van der Waals surface area contributed by atoms with Gasteiger partial charge in [0.15, 0.2) is 0 Å². The third kappa shape index (κ3) is 15.4. The lowest BCUT2D eigenvalue weighted by molar-refractivity contribution is -0.138. The molecule has 5 amide bonds. The van der Waals surface area contributed by atoms with Crippen molar-refractivity contribution in [1.29, 1.82) is 0 Å². The molecule has 5 atom stereocenters. The van der Waals surface area contributed by atoms with Crippen LogP contribution in [0.3, 0.4) is 0 Å². The van der Waals surface area contributed by atoms with Crippen LogP contribution in [0.4, 0.5) is 0 Å². The van der Waals surface area contributed by atoms with E-state index in [9.17, 15) is 39.0 Å². The number of carbonyl (C=O) groups excluding carboxylic acids is 5. The number of aliphatic carboxylic acids is 1. The number of carboxylic acid groups (broad SMARTS) is 1. The zero-order valence-electron chi connectivity index (χ0n) is 25.4. The molecule has 0 unspecified atom stereocenters. The van der Waals surface area contributed by atoms with Crippen LogP contribution in [0, 0.1) is 0 Å². The number of benzene rings is 1. The van der Waals surface area contributed by atoms with Crippen molar-refractivity contribution in [3.05, 3.63) is 35.9 Å². The molecule has 0 aliphatic carbocycles. The van der Waals surface area contributed by atoms with Gasteiger partial charge in [0.1, 0.15) is 30.2 Å². The molecular formula is C29H48N8O8. The van der Waals surface area contributed by atoms with Gasteiger partial charge in [-0.15, -0.1) is 0 Å². The van der Waals surface area contributed by atoms with Gasteiger partial charge in [-0.05, 0) is 63.6 Å². The van der Waals surface area contributed by atoms with Gasteiger partial charge >= 0.3 is 5.97 Å². The van der Waals surface area contributed by atoms with Crippen molar-refractivity contribution in [2.24, 2.45) is 22.9 Å². The fraction of sp³-hybridized carbons (Fsp3) is 0.586. The largest absolute Gasteiger partial charge is 0.481 e. The highest BCUT2D eigenvalue weighted by Crippen LogP contribution is 2.09. The van der Waals surface area contributed by atoms with Gasteiger partial charge in [0.2, 0.25) is 29.5 Å². The summed E-state index contributed by atoms with van der Waals surface area (Å²) in [6.07, 6.45) is 1.56. The maximum absolute atomic E-state index is 13.5. The van der Waals surface area contributed by atoms with E-state index >= 15 is 0 Å². The van der Waals surface area contributed by atoms with E-state index in [1.165, 1.54) is 0 Å². The minimum Gasteiger partial charge on any atom is -0.481 e. The number of primary amides is 1. The highest BCUT2D eigenvalue weighted by atomic mass is 16.4. The highest BCUT2D eigenvalue weighted by Gasteiger charge is 2.31. The smallest absolute Gasteiger partial charge is 0.303 e. The molecule has 16 nitrogen and oxygen atoms in total. The average Bonchev–Trinajstić information content (AvgIpc) is 3.01. The van der Waals surface area contributed by atoms with E-state index in [1.807, 2.05) is 0 Å². The van der Waals surface area contributed by atoms with Crippen molar-refractivity contribution in [3.8, 4) is 0 Å². The predicted molar refractivity (Wildman–Crippen MR) is 165 cm³/mol. The average molecular weight is 637 g/mol. The molecule has 0 bridgehead atoms. The molecule has 1 aromatic carbocycles. The maximum Gasteiger partial charge on any atom is 0.303 e. The Morgan fingerprint density at radius 2 is 1.13 bits per heavy atom. The maximum atomic E-state index is 13.5. The van der Waals surface area contributed by atoms with Gasteiger partial charge in [-0.1, -0.05) is 30.3 Å². The van der Waals surface area contributed by atoms with Crippen LogP contribution in [0.25, 0.3) is 0 Å². The zero-order chi connectivity index (χ0) is 33.8. The molecule has 0 saturated carbocycles. The summed E-state index contributed by atoms with van der Waals surface area (Å²) in [4.78, 5) is 75.8.